The number of amides is 1. The Morgan fingerprint density at radius 3 is 2.43 bits per heavy atom. The molecular weight excluding hydrogens is 394 g/mol. The Kier molecular flexibility index (Phi) is 5.83. The number of aryl methyl sites for hydroxylation is 2. The number of carbonyl (C=O) groups is 1. The SMILES string of the molecule is CCN(CC)S(=O)(=O)c1ccc2nc(NC(=O)c3ccc(C)c(C)c3)sc2c1. The highest BCUT2D eigenvalue weighted by Gasteiger charge is 2.22. The second-order valence-corrected chi connectivity index (χ2v) is 9.46. The number of nitrogens with one attached hydrogen (secondary N) is 1. The number of sulfonamides is 1. The standard InChI is InChI=1S/C20H23N3O3S2/c1-5-23(6-2)28(25,26)16-9-10-17-18(12-16)27-20(21-17)22-19(24)15-8-7-13(3)14(4)11-15/h7-12H,5-6H2,1-4H3,(H,21,22,24). The highest BCUT2D eigenvalue weighted by Crippen LogP contribution is 2.29. The zero-order valence-corrected chi connectivity index (χ0v) is 17.9. The van der Waals surface area contributed by atoms with Crippen molar-refractivity contribution in [3.8, 4) is 0 Å². The van der Waals surface area contributed by atoms with Gasteiger partial charge in [-0.25, -0.2) is 13.4 Å². The van der Waals surface area contributed by atoms with E-state index in [9.17, 15) is 13.2 Å². The summed E-state index contributed by atoms with van der Waals surface area (Å²) >= 11 is 1.26. The van der Waals surface area contributed by atoms with Crippen molar-refractivity contribution < 1.29 is 13.2 Å². The molecule has 0 fully saturated rings. The third kappa shape index (κ3) is 3.94. The number of anilines is 1. The first kappa shape index (κ1) is 20.4. The first-order valence-electron chi connectivity index (χ1n) is 9.05. The summed E-state index contributed by atoms with van der Waals surface area (Å²) < 4.78 is 27.5. The van der Waals surface area contributed by atoms with Crippen molar-refractivity contribution >= 4 is 42.6 Å². The smallest absolute Gasteiger partial charge is 0.257 e. The number of rotatable bonds is 6. The van der Waals surface area contributed by atoms with Crippen LogP contribution in [-0.4, -0.2) is 36.7 Å². The van der Waals surface area contributed by atoms with Crippen molar-refractivity contribution in [1.29, 1.82) is 0 Å². The molecule has 6 nitrogen and oxygen atoms in total. The zero-order valence-electron chi connectivity index (χ0n) is 16.3. The highest BCUT2D eigenvalue weighted by atomic mass is 32.2. The van der Waals surface area contributed by atoms with Crippen molar-refractivity contribution in [2.75, 3.05) is 18.4 Å². The highest BCUT2D eigenvalue weighted by molar-refractivity contribution is 7.89. The Morgan fingerprint density at radius 2 is 1.79 bits per heavy atom. The molecule has 148 valence electrons. The van der Waals surface area contributed by atoms with E-state index in [0.29, 0.717) is 34.0 Å². The molecule has 8 heteroatoms. The number of fused-ring (bicyclic) bond motifs is 1. The largest absolute Gasteiger partial charge is 0.298 e. The maximum atomic E-state index is 12.7. The van der Waals surface area contributed by atoms with E-state index in [4.69, 9.17) is 0 Å². The van der Waals surface area contributed by atoms with Gasteiger partial charge in [0.25, 0.3) is 5.91 Å². The van der Waals surface area contributed by atoms with Gasteiger partial charge in [0, 0.05) is 18.7 Å². The lowest BCUT2D eigenvalue weighted by atomic mass is 10.1. The lowest BCUT2D eigenvalue weighted by Gasteiger charge is -2.18. The number of carbonyl (C=O) groups excluding carboxylic acids is 1. The van der Waals surface area contributed by atoms with E-state index in [0.717, 1.165) is 11.1 Å². The van der Waals surface area contributed by atoms with Gasteiger partial charge < -0.3 is 0 Å². The van der Waals surface area contributed by atoms with E-state index in [1.165, 1.54) is 15.6 Å². The summed E-state index contributed by atoms with van der Waals surface area (Å²) in [5.41, 5.74) is 3.38. The van der Waals surface area contributed by atoms with Crippen LogP contribution in [0.5, 0.6) is 0 Å². The van der Waals surface area contributed by atoms with Gasteiger partial charge in [-0.2, -0.15) is 4.31 Å². The Hall–Kier alpha value is -2.29. The molecule has 0 saturated carbocycles. The second-order valence-electron chi connectivity index (χ2n) is 6.49. The lowest BCUT2D eigenvalue weighted by molar-refractivity contribution is 0.102. The normalized spacial score (nSPS) is 11.9. The van der Waals surface area contributed by atoms with E-state index in [-0.39, 0.29) is 10.8 Å². The maximum absolute atomic E-state index is 12.7. The quantitative estimate of drug-likeness (QED) is 0.652. The zero-order chi connectivity index (χ0) is 20.5. The summed E-state index contributed by atoms with van der Waals surface area (Å²) in [7, 11) is -3.53. The lowest BCUT2D eigenvalue weighted by Crippen LogP contribution is -2.30. The summed E-state index contributed by atoms with van der Waals surface area (Å²) in [4.78, 5) is 17.1. The molecule has 0 saturated heterocycles. The Balaban J connectivity index is 1.88. The van der Waals surface area contributed by atoms with E-state index < -0.39 is 10.0 Å². The molecule has 0 unspecified atom stereocenters. The topological polar surface area (TPSA) is 79.4 Å². The van der Waals surface area contributed by atoms with Gasteiger partial charge in [0.15, 0.2) is 5.13 Å². The Bertz CT molecular complexity index is 1130. The van der Waals surface area contributed by atoms with Gasteiger partial charge in [-0.05, 0) is 55.3 Å². The van der Waals surface area contributed by atoms with Crippen molar-refractivity contribution in [1.82, 2.24) is 9.29 Å². The molecule has 0 radical (unpaired) electrons. The van der Waals surface area contributed by atoms with Crippen LogP contribution in [0.15, 0.2) is 41.3 Å². The van der Waals surface area contributed by atoms with Crippen LogP contribution in [0.1, 0.15) is 35.3 Å². The van der Waals surface area contributed by atoms with Gasteiger partial charge >= 0.3 is 0 Å². The van der Waals surface area contributed by atoms with E-state index in [1.807, 2.05) is 39.8 Å². The number of nitrogens with zero attached hydrogens (tertiary/aromatic N) is 2. The Labute approximate surface area is 169 Å². The maximum Gasteiger partial charge on any atom is 0.257 e. The molecular formula is C20H23N3O3S2. The van der Waals surface area contributed by atoms with Gasteiger partial charge in [0.2, 0.25) is 10.0 Å². The van der Waals surface area contributed by atoms with Crippen LogP contribution in [0, 0.1) is 13.8 Å². The molecule has 2 aromatic carbocycles. The van der Waals surface area contributed by atoms with E-state index in [2.05, 4.69) is 10.3 Å². The summed E-state index contributed by atoms with van der Waals surface area (Å²) in [6.45, 7) is 8.41. The minimum absolute atomic E-state index is 0.236. The van der Waals surface area contributed by atoms with Crippen LogP contribution in [0.4, 0.5) is 5.13 Å². The summed E-state index contributed by atoms with van der Waals surface area (Å²) in [6.07, 6.45) is 0. The molecule has 0 atom stereocenters. The van der Waals surface area contributed by atoms with Crippen LogP contribution >= 0.6 is 11.3 Å². The van der Waals surface area contributed by atoms with Crippen LogP contribution < -0.4 is 5.32 Å². The average Bonchev–Trinajstić information content (AvgIpc) is 3.06. The predicted molar refractivity (Wildman–Crippen MR) is 114 cm³/mol. The molecule has 0 aliphatic heterocycles. The molecule has 1 heterocycles. The van der Waals surface area contributed by atoms with Crippen molar-refractivity contribution in [3.05, 3.63) is 53.1 Å². The third-order valence-electron chi connectivity index (χ3n) is 4.69. The summed E-state index contributed by atoms with van der Waals surface area (Å²) in [6, 6.07) is 10.4. The predicted octanol–water partition coefficient (Wildman–Crippen LogP) is 4.20. The van der Waals surface area contributed by atoms with Gasteiger partial charge in [0.1, 0.15) is 0 Å². The van der Waals surface area contributed by atoms with Crippen LogP contribution in [-0.2, 0) is 10.0 Å². The minimum atomic E-state index is -3.53. The first-order chi connectivity index (χ1) is 13.3. The van der Waals surface area contributed by atoms with Crippen molar-refractivity contribution in [2.45, 2.75) is 32.6 Å². The first-order valence-corrected chi connectivity index (χ1v) is 11.3. The molecule has 0 bridgehead atoms. The number of hydrogen-bond donors (Lipinski definition) is 1. The van der Waals surface area contributed by atoms with Gasteiger partial charge in [0.05, 0.1) is 15.1 Å². The molecule has 3 rings (SSSR count). The number of hydrogen-bond acceptors (Lipinski definition) is 5. The average molecular weight is 418 g/mol. The number of aromatic nitrogens is 1. The van der Waals surface area contributed by atoms with Crippen molar-refractivity contribution in [2.24, 2.45) is 0 Å². The molecule has 1 aromatic heterocycles. The fourth-order valence-electron chi connectivity index (χ4n) is 2.88. The van der Waals surface area contributed by atoms with Crippen LogP contribution in [0.25, 0.3) is 10.2 Å². The molecule has 1 amide bonds. The third-order valence-corrected chi connectivity index (χ3v) is 7.67. The minimum Gasteiger partial charge on any atom is -0.298 e. The van der Waals surface area contributed by atoms with Crippen LogP contribution in [0.2, 0.25) is 0 Å². The fourth-order valence-corrected chi connectivity index (χ4v) is 5.34. The second kappa shape index (κ2) is 7.98. The van der Waals surface area contributed by atoms with E-state index in [1.54, 1.807) is 24.3 Å². The number of thiazole rings is 1. The van der Waals surface area contributed by atoms with Gasteiger partial charge in [-0.3, -0.25) is 10.1 Å². The monoisotopic (exact) mass is 417 g/mol. The fraction of sp³-hybridized carbons (Fsp3) is 0.300. The Morgan fingerprint density at radius 1 is 1.07 bits per heavy atom. The van der Waals surface area contributed by atoms with Crippen molar-refractivity contribution in [3.63, 3.8) is 0 Å². The molecule has 0 aliphatic rings. The number of benzene rings is 2. The summed E-state index contributed by atoms with van der Waals surface area (Å²) in [5.74, 6) is -0.238. The molecule has 1 N–H and O–H groups in total. The molecule has 28 heavy (non-hydrogen) atoms. The molecule has 0 spiro atoms. The summed E-state index contributed by atoms with van der Waals surface area (Å²) in [5, 5.41) is 3.25. The van der Waals surface area contributed by atoms with Gasteiger partial charge in [-0.1, -0.05) is 31.3 Å². The van der Waals surface area contributed by atoms with Gasteiger partial charge in [-0.15, -0.1) is 0 Å². The molecule has 3 aromatic rings. The van der Waals surface area contributed by atoms with E-state index >= 15 is 0 Å². The van der Waals surface area contributed by atoms with Crippen LogP contribution in [0.3, 0.4) is 0 Å². The molecule has 0 aliphatic carbocycles.